The van der Waals surface area contributed by atoms with Crippen LogP contribution in [0.5, 0.6) is 0 Å². The van der Waals surface area contributed by atoms with Crippen LogP contribution in [-0.4, -0.2) is 37.2 Å². The van der Waals surface area contributed by atoms with Crippen LogP contribution in [0, 0.1) is 0 Å². The second kappa shape index (κ2) is 66.1. The maximum Gasteiger partial charge on any atom is 0.306 e. The van der Waals surface area contributed by atoms with Crippen LogP contribution in [0.4, 0.5) is 0 Å². The average molecular weight is 1080 g/mol. The van der Waals surface area contributed by atoms with Crippen LogP contribution in [0.25, 0.3) is 0 Å². The van der Waals surface area contributed by atoms with E-state index >= 15 is 0 Å². The summed E-state index contributed by atoms with van der Waals surface area (Å²) >= 11 is 0. The van der Waals surface area contributed by atoms with Crippen molar-refractivity contribution in [2.45, 2.75) is 386 Å². The Morgan fingerprint density at radius 3 is 0.766 bits per heavy atom. The molecule has 0 N–H and O–H groups in total. The SMILES string of the molecule is CCCC/C=C\CCCCCCCC(=O)OCC(COC(=O)CCCCCCCCCCCCCCCCCCC/C=C\C/C=C\CCCCCCC)OC(=O)CCCCCCCCCCCCCCCCCCCCC. The highest BCUT2D eigenvalue weighted by molar-refractivity contribution is 5.71. The smallest absolute Gasteiger partial charge is 0.306 e. The van der Waals surface area contributed by atoms with Gasteiger partial charge in [0.15, 0.2) is 6.10 Å². The number of unbranched alkanes of at least 4 members (excludes halogenated alkanes) is 47. The number of carbonyl (C=O) groups is 3. The second-order valence-corrected chi connectivity index (χ2v) is 23.4. The largest absolute Gasteiger partial charge is 0.462 e. The first-order chi connectivity index (χ1) is 38.0. The van der Waals surface area contributed by atoms with E-state index in [1.54, 1.807) is 0 Å². The third kappa shape index (κ3) is 64.3. The molecule has 1 atom stereocenters. The van der Waals surface area contributed by atoms with Gasteiger partial charge in [-0.05, 0) is 70.6 Å². The molecule has 0 aliphatic rings. The number of rotatable bonds is 64. The van der Waals surface area contributed by atoms with Gasteiger partial charge in [0.25, 0.3) is 0 Å². The minimum Gasteiger partial charge on any atom is -0.462 e. The molecule has 0 fully saturated rings. The predicted octanol–water partition coefficient (Wildman–Crippen LogP) is 23.6. The lowest BCUT2D eigenvalue weighted by molar-refractivity contribution is -0.167. The first kappa shape index (κ1) is 74.6. The number of hydrogen-bond acceptors (Lipinski definition) is 6. The molecule has 0 aliphatic carbocycles. The number of hydrogen-bond donors (Lipinski definition) is 0. The van der Waals surface area contributed by atoms with E-state index in [-0.39, 0.29) is 31.1 Å². The summed E-state index contributed by atoms with van der Waals surface area (Å²) < 4.78 is 16.9. The van der Waals surface area contributed by atoms with Gasteiger partial charge in [0.05, 0.1) is 0 Å². The quantitative estimate of drug-likeness (QED) is 0.0261. The van der Waals surface area contributed by atoms with E-state index in [1.807, 2.05) is 0 Å². The molecule has 0 aromatic heterocycles. The van der Waals surface area contributed by atoms with E-state index in [0.29, 0.717) is 19.3 Å². The molecule has 77 heavy (non-hydrogen) atoms. The minimum absolute atomic E-state index is 0.0692. The van der Waals surface area contributed by atoms with Crippen molar-refractivity contribution in [3.05, 3.63) is 36.5 Å². The highest BCUT2D eigenvalue weighted by Gasteiger charge is 2.19. The van der Waals surface area contributed by atoms with E-state index in [4.69, 9.17) is 14.2 Å². The molecule has 0 heterocycles. The van der Waals surface area contributed by atoms with Crippen LogP contribution >= 0.6 is 0 Å². The molecule has 0 radical (unpaired) electrons. The van der Waals surface area contributed by atoms with Crippen molar-refractivity contribution in [1.29, 1.82) is 0 Å². The van der Waals surface area contributed by atoms with Crippen LogP contribution in [-0.2, 0) is 28.6 Å². The monoisotopic (exact) mass is 1080 g/mol. The molecule has 0 amide bonds. The molecule has 1 unspecified atom stereocenters. The van der Waals surface area contributed by atoms with Gasteiger partial charge in [-0.15, -0.1) is 0 Å². The molecule has 0 bridgehead atoms. The van der Waals surface area contributed by atoms with Crippen molar-refractivity contribution < 1.29 is 28.6 Å². The number of allylic oxidation sites excluding steroid dienone is 6. The van der Waals surface area contributed by atoms with E-state index in [2.05, 4.69) is 57.2 Å². The van der Waals surface area contributed by atoms with Crippen molar-refractivity contribution in [3.8, 4) is 0 Å². The Hall–Kier alpha value is -2.37. The molecule has 0 aromatic carbocycles. The minimum atomic E-state index is -0.772. The molecule has 0 aromatic rings. The lowest BCUT2D eigenvalue weighted by Crippen LogP contribution is -2.30. The first-order valence-corrected chi connectivity index (χ1v) is 34.5. The van der Waals surface area contributed by atoms with Gasteiger partial charge in [0, 0.05) is 19.3 Å². The molecule has 0 spiro atoms. The van der Waals surface area contributed by atoms with E-state index in [9.17, 15) is 14.4 Å². The maximum atomic E-state index is 12.9. The van der Waals surface area contributed by atoms with E-state index in [1.165, 1.54) is 270 Å². The van der Waals surface area contributed by atoms with Crippen molar-refractivity contribution in [1.82, 2.24) is 0 Å². The summed E-state index contributed by atoms with van der Waals surface area (Å²) in [5.41, 5.74) is 0. The number of carbonyl (C=O) groups excluding carboxylic acids is 3. The average Bonchev–Trinajstić information content (AvgIpc) is 3.43. The van der Waals surface area contributed by atoms with Crippen LogP contribution < -0.4 is 0 Å². The summed E-state index contributed by atoms with van der Waals surface area (Å²) in [6, 6.07) is 0. The van der Waals surface area contributed by atoms with Crippen LogP contribution in [0.1, 0.15) is 380 Å². The Morgan fingerprint density at radius 1 is 0.260 bits per heavy atom. The lowest BCUT2D eigenvalue weighted by Gasteiger charge is -2.18. The fraction of sp³-hybridized carbons (Fsp3) is 0.873. The van der Waals surface area contributed by atoms with E-state index < -0.39 is 6.10 Å². The number of ether oxygens (including phenoxy) is 3. The van der Waals surface area contributed by atoms with Crippen molar-refractivity contribution >= 4 is 17.9 Å². The highest BCUT2D eigenvalue weighted by atomic mass is 16.6. The Balaban J connectivity index is 4.14. The zero-order valence-electron chi connectivity index (χ0n) is 52.0. The fourth-order valence-corrected chi connectivity index (χ4v) is 10.4. The number of esters is 3. The van der Waals surface area contributed by atoms with Gasteiger partial charge in [0.1, 0.15) is 13.2 Å². The normalized spacial score (nSPS) is 12.2. The third-order valence-corrected chi connectivity index (χ3v) is 15.6. The summed E-state index contributed by atoms with van der Waals surface area (Å²) in [5, 5.41) is 0. The Bertz CT molecular complexity index is 1290. The molecular weight excluding hydrogens is 949 g/mol. The summed E-state index contributed by atoms with van der Waals surface area (Å²) in [4.78, 5) is 38.3. The molecule has 6 nitrogen and oxygen atoms in total. The zero-order valence-corrected chi connectivity index (χ0v) is 52.0. The molecule has 0 aliphatic heterocycles. The van der Waals surface area contributed by atoms with Crippen molar-refractivity contribution in [2.75, 3.05) is 13.2 Å². The maximum absolute atomic E-state index is 12.9. The third-order valence-electron chi connectivity index (χ3n) is 15.6. The zero-order chi connectivity index (χ0) is 55.7. The highest BCUT2D eigenvalue weighted by Crippen LogP contribution is 2.18. The lowest BCUT2D eigenvalue weighted by atomic mass is 10.0. The summed E-state index contributed by atoms with van der Waals surface area (Å²) in [7, 11) is 0. The Morgan fingerprint density at radius 2 is 0.481 bits per heavy atom. The van der Waals surface area contributed by atoms with Crippen molar-refractivity contribution in [3.63, 3.8) is 0 Å². The van der Waals surface area contributed by atoms with Gasteiger partial charge in [-0.25, -0.2) is 0 Å². The van der Waals surface area contributed by atoms with Crippen molar-refractivity contribution in [2.24, 2.45) is 0 Å². The molecule has 6 heteroatoms. The standard InChI is InChI=1S/C71H132O6/c1-4-7-10-13-16-19-22-24-26-28-30-31-32-33-34-35-36-37-38-39-41-42-44-46-49-52-55-58-61-64-70(73)76-67-68(66-75-69(72)63-60-57-54-51-48-21-18-15-12-9-6-3)77-71(74)65-62-59-56-53-50-47-45-43-40-29-27-25-23-20-17-14-11-8-5-2/h15,18,22,24,28,30,68H,4-14,16-17,19-21,23,25-27,29,31-67H2,1-3H3/b18-15-,24-22-,30-28-. The van der Waals surface area contributed by atoms with Gasteiger partial charge in [-0.2, -0.15) is 0 Å². The van der Waals surface area contributed by atoms with Gasteiger partial charge < -0.3 is 14.2 Å². The molecule has 0 rings (SSSR count). The summed E-state index contributed by atoms with van der Waals surface area (Å²) in [6.07, 6.45) is 81.8. The molecular formula is C71H132O6. The van der Waals surface area contributed by atoms with Crippen LogP contribution in [0.15, 0.2) is 36.5 Å². The van der Waals surface area contributed by atoms with Gasteiger partial charge >= 0.3 is 17.9 Å². The predicted molar refractivity (Wildman–Crippen MR) is 335 cm³/mol. The molecule has 452 valence electrons. The van der Waals surface area contributed by atoms with Gasteiger partial charge in [-0.1, -0.05) is 327 Å². The summed E-state index contributed by atoms with van der Waals surface area (Å²) in [6.45, 7) is 6.65. The van der Waals surface area contributed by atoms with E-state index in [0.717, 1.165) is 70.6 Å². The fourth-order valence-electron chi connectivity index (χ4n) is 10.4. The Labute approximate surface area is 480 Å². The van der Waals surface area contributed by atoms with Crippen LogP contribution in [0.2, 0.25) is 0 Å². The second-order valence-electron chi connectivity index (χ2n) is 23.4. The molecule has 0 saturated carbocycles. The topological polar surface area (TPSA) is 78.9 Å². The molecule has 0 saturated heterocycles. The summed E-state index contributed by atoms with van der Waals surface area (Å²) in [5.74, 6) is -0.852. The first-order valence-electron chi connectivity index (χ1n) is 34.5. The van der Waals surface area contributed by atoms with Gasteiger partial charge in [0.2, 0.25) is 0 Å². The Kier molecular flexibility index (Phi) is 64.1. The van der Waals surface area contributed by atoms with Crippen LogP contribution in [0.3, 0.4) is 0 Å². The van der Waals surface area contributed by atoms with Gasteiger partial charge in [-0.3, -0.25) is 14.4 Å².